The smallest absolute Gasteiger partial charge is 0.250 e. The van der Waals surface area contributed by atoms with Gasteiger partial charge in [0.1, 0.15) is 0 Å². The van der Waals surface area contributed by atoms with E-state index in [1.165, 1.54) is 28.2 Å². The molecule has 6 heteroatoms. The lowest BCUT2D eigenvalue weighted by Crippen LogP contribution is -2.23. The summed E-state index contributed by atoms with van der Waals surface area (Å²) >= 11 is 0. The molecule has 0 saturated heterocycles. The number of aromatic nitrogens is 3. The van der Waals surface area contributed by atoms with E-state index in [9.17, 15) is 9.59 Å². The maximum Gasteiger partial charge on any atom is 0.250 e. The molecule has 24 heavy (non-hydrogen) atoms. The van der Waals surface area contributed by atoms with Crippen LogP contribution >= 0.6 is 0 Å². The number of fused-ring (bicyclic) bond motifs is 1. The molecule has 0 fully saturated rings. The number of hydrogen-bond donors (Lipinski definition) is 0. The van der Waals surface area contributed by atoms with Gasteiger partial charge in [-0.25, -0.2) is 0 Å². The first-order valence-corrected chi connectivity index (χ1v) is 7.83. The molecular weight excluding hydrogens is 306 g/mol. The maximum absolute atomic E-state index is 12.6. The molecule has 3 aromatic rings. The predicted octanol–water partition coefficient (Wildman–Crippen LogP) is 2.27. The summed E-state index contributed by atoms with van der Waals surface area (Å²) in [6.07, 6.45) is 6.03. The fourth-order valence-corrected chi connectivity index (χ4v) is 3.07. The normalized spacial score (nSPS) is 13.0. The van der Waals surface area contributed by atoms with E-state index in [1.807, 2.05) is 18.2 Å². The molecule has 0 radical (unpaired) electrons. The Hall–Kier alpha value is -3.02. The van der Waals surface area contributed by atoms with Gasteiger partial charge in [0.05, 0.1) is 12.1 Å². The van der Waals surface area contributed by atoms with Crippen molar-refractivity contribution >= 4 is 5.78 Å². The van der Waals surface area contributed by atoms with Crippen LogP contribution in [0.1, 0.15) is 27.9 Å². The number of aryl methyl sites for hydroxylation is 2. The standard InChI is InChI=1S/C18H15N3O3/c22-16(14-5-4-12-2-1-3-13(12)8-14)10-21-9-15(6-7-17(21)23)18-20-19-11-24-18/h4-9,11H,1-3,10H2. The molecule has 4 rings (SSSR count). The van der Waals surface area contributed by atoms with Crippen LogP contribution in [0.4, 0.5) is 0 Å². The molecule has 0 saturated carbocycles. The highest BCUT2D eigenvalue weighted by molar-refractivity contribution is 5.96. The molecule has 0 bridgehead atoms. The van der Waals surface area contributed by atoms with Gasteiger partial charge >= 0.3 is 0 Å². The lowest BCUT2D eigenvalue weighted by atomic mass is 10.0. The van der Waals surface area contributed by atoms with Crippen molar-refractivity contribution in [2.45, 2.75) is 25.8 Å². The van der Waals surface area contributed by atoms with Gasteiger partial charge in [-0.15, -0.1) is 10.2 Å². The Morgan fingerprint density at radius 3 is 2.88 bits per heavy atom. The van der Waals surface area contributed by atoms with E-state index in [0.29, 0.717) is 17.0 Å². The number of carbonyl (C=O) groups excluding carboxylic acids is 1. The molecule has 0 unspecified atom stereocenters. The minimum absolute atomic E-state index is 0.0143. The van der Waals surface area contributed by atoms with Crippen molar-refractivity contribution in [3.8, 4) is 11.5 Å². The second kappa shape index (κ2) is 5.88. The van der Waals surface area contributed by atoms with Crippen molar-refractivity contribution < 1.29 is 9.21 Å². The zero-order valence-electron chi connectivity index (χ0n) is 12.9. The van der Waals surface area contributed by atoms with Crippen molar-refractivity contribution in [1.82, 2.24) is 14.8 Å². The number of benzene rings is 1. The zero-order valence-corrected chi connectivity index (χ0v) is 12.9. The number of hydrogen-bond acceptors (Lipinski definition) is 5. The van der Waals surface area contributed by atoms with Crippen LogP contribution in [0, 0.1) is 0 Å². The third kappa shape index (κ3) is 2.67. The Morgan fingerprint density at radius 2 is 2.04 bits per heavy atom. The first kappa shape index (κ1) is 14.6. The van der Waals surface area contributed by atoms with E-state index < -0.39 is 0 Å². The predicted molar refractivity (Wildman–Crippen MR) is 86.8 cm³/mol. The van der Waals surface area contributed by atoms with Gasteiger partial charge in [0.25, 0.3) is 5.56 Å². The molecule has 0 N–H and O–H groups in total. The van der Waals surface area contributed by atoms with Crippen molar-refractivity contribution in [3.63, 3.8) is 0 Å². The summed E-state index contributed by atoms with van der Waals surface area (Å²) in [7, 11) is 0. The summed E-state index contributed by atoms with van der Waals surface area (Å²) in [4.78, 5) is 24.6. The second-order valence-electron chi connectivity index (χ2n) is 5.89. The lowest BCUT2D eigenvalue weighted by molar-refractivity contribution is 0.0971. The lowest BCUT2D eigenvalue weighted by Gasteiger charge is -2.08. The Kier molecular flexibility index (Phi) is 3.57. The van der Waals surface area contributed by atoms with Gasteiger partial charge in [0, 0.05) is 17.8 Å². The summed E-state index contributed by atoms with van der Waals surface area (Å²) in [6.45, 7) is -0.0143. The van der Waals surface area contributed by atoms with Crippen LogP contribution in [0.3, 0.4) is 0 Å². The summed E-state index contributed by atoms with van der Waals surface area (Å²) in [5, 5.41) is 7.44. The maximum atomic E-state index is 12.6. The average molecular weight is 321 g/mol. The topological polar surface area (TPSA) is 78.0 Å². The highest BCUT2D eigenvalue weighted by Crippen LogP contribution is 2.23. The SMILES string of the molecule is O=C(Cn1cc(-c2nnco2)ccc1=O)c1ccc2c(c1)CCC2. The molecule has 6 nitrogen and oxygen atoms in total. The Morgan fingerprint density at radius 1 is 1.17 bits per heavy atom. The number of pyridine rings is 1. The molecule has 120 valence electrons. The first-order chi connectivity index (χ1) is 11.7. The fraction of sp³-hybridized carbons (Fsp3) is 0.222. The number of carbonyl (C=O) groups is 1. The monoisotopic (exact) mass is 321 g/mol. The molecular formula is C18H15N3O3. The van der Waals surface area contributed by atoms with Gasteiger partial charge in [-0.05, 0) is 42.5 Å². The van der Waals surface area contributed by atoms with Gasteiger partial charge in [0.15, 0.2) is 5.78 Å². The van der Waals surface area contributed by atoms with E-state index >= 15 is 0 Å². The fourth-order valence-electron chi connectivity index (χ4n) is 3.07. The average Bonchev–Trinajstić information content (AvgIpc) is 3.27. The van der Waals surface area contributed by atoms with Crippen molar-refractivity contribution in [3.05, 3.63) is 70.0 Å². The quantitative estimate of drug-likeness (QED) is 0.689. The van der Waals surface area contributed by atoms with Crippen LogP contribution in [0.2, 0.25) is 0 Å². The van der Waals surface area contributed by atoms with Gasteiger partial charge in [-0.1, -0.05) is 12.1 Å². The molecule has 2 aromatic heterocycles. The van der Waals surface area contributed by atoms with Gasteiger partial charge in [-0.3, -0.25) is 9.59 Å². The van der Waals surface area contributed by atoms with Crippen LogP contribution in [-0.2, 0) is 19.4 Å². The minimum Gasteiger partial charge on any atom is -0.423 e. The van der Waals surface area contributed by atoms with Gasteiger partial charge < -0.3 is 8.98 Å². The summed E-state index contributed by atoms with van der Waals surface area (Å²) in [5.41, 5.74) is 3.57. The summed E-state index contributed by atoms with van der Waals surface area (Å²) in [5.74, 6) is 0.225. The van der Waals surface area contributed by atoms with Crippen LogP contribution in [0.5, 0.6) is 0 Å². The van der Waals surface area contributed by atoms with Crippen LogP contribution in [0.15, 0.2) is 52.1 Å². The minimum atomic E-state index is -0.243. The van der Waals surface area contributed by atoms with Gasteiger partial charge in [-0.2, -0.15) is 0 Å². The van der Waals surface area contributed by atoms with Crippen molar-refractivity contribution in [1.29, 1.82) is 0 Å². The Labute approximate surface area is 137 Å². The van der Waals surface area contributed by atoms with Crippen LogP contribution < -0.4 is 5.56 Å². The molecule has 1 aliphatic carbocycles. The summed E-state index contributed by atoms with van der Waals surface area (Å²) in [6, 6.07) is 8.83. The largest absolute Gasteiger partial charge is 0.423 e. The third-order valence-corrected chi connectivity index (χ3v) is 4.32. The Balaban J connectivity index is 1.62. The van der Waals surface area contributed by atoms with Crippen molar-refractivity contribution in [2.75, 3.05) is 0 Å². The van der Waals surface area contributed by atoms with E-state index in [-0.39, 0.29) is 17.9 Å². The van der Waals surface area contributed by atoms with E-state index in [4.69, 9.17) is 4.42 Å². The molecule has 2 heterocycles. The molecule has 0 amide bonds. The summed E-state index contributed by atoms with van der Waals surface area (Å²) < 4.78 is 6.50. The first-order valence-electron chi connectivity index (χ1n) is 7.83. The third-order valence-electron chi connectivity index (χ3n) is 4.32. The second-order valence-corrected chi connectivity index (χ2v) is 5.89. The van der Waals surface area contributed by atoms with Crippen LogP contribution in [-0.4, -0.2) is 20.5 Å². The molecule has 0 atom stereocenters. The highest BCUT2D eigenvalue weighted by Gasteiger charge is 2.15. The van der Waals surface area contributed by atoms with E-state index in [0.717, 1.165) is 19.3 Å². The van der Waals surface area contributed by atoms with Crippen molar-refractivity contribution in [2.24, 2.45) is 0 Å². The highest BCUT2D eigenvalue weighted by atomic mass is 16.4. The number of Topliss-reactive ketones (excluding diaryl/α,β-unsaturated/α-hetero) is 1. The van der Waals surface area contributed by atoms with Gasteiger partial charge in [0.2, 0.25) is 12.3 Å². The zero-order chi connectivity index (χ0) is 16.5. The van der Waals surface area contributed by atoms with E-state index in [2.05, 4.69) is 10.2 Å². The molecule has 1 aliphatic rings. The number of ketones is 1. The molecule has 0 spiro atoms. The molecule has 0 aliphatic heterocycles. The molecule has 1 aromatic carbocycles. The van der Waals surface area contributed by atoms with E-state index in [1.54, 1.807) is 12.3 Å². The number of rotatable bonds is 4. The Bertz CT molecular complexity index is 958. The van der Waals surface area contributed by atoms with Crippen LogP contribution in [0.25, 0.3) is 11.5 Å². The number of nitrogens with zero attached hydrogens (tertiary/aromatic N) is 3.